The molecule has 0 saturated heterocycles. The van der Waals surface area contributed by atoms with Gasteiger partial charge in [0.2, 0.25) is 5.91 Å². The van der Waals surface area contributed by atoms with Crippen molar-refractivity contribution >= 4 is 44.9 Å². The van der Waals surface area contributed by atoms with E-state index in [1.54, 1.807) is 18.4 Å². The second kappa shape index (κ2) is 12.3. The number of ether oxygens (including phenoxy) is 1. The predicted molar refractivity (Wildman–Crippen MR) is 181 cm³/mol. The Morgan fingerprint density at radius 2 is 1.61 bits per heavy atom. The number of aryl methyl sites for hydroxylation is 1. The summed E-state index contributed by atoms with van der Waals surface area (Å²) in [5, 5.41) is 13.6. The Labute approximate surface area is 265 Å². The molecule has 7 nitrogen and oxygen atoms in total. The molecule has 0 aliphatic carbocycles. The number of anilines is 1. The number of thiazole rings is 1. The molecule has 0 unspecified atom stereocenters. The number of aromatic nitrogens is 4. The summed E-state index contributed by atoms with van der Waals surface area (Å²) < 4.78 is 8.51. The number of amides is 1. The first-order chi connectivity index (χ1) is 21.2. The molecule has 6 aromatic rings. The van der Waals surface area contributed by atoms with Crippen molar-refractivity contribution < 1.29 is 9.53 Å². The van der Waals surface area contributed by atoms with E-state index in [0.29, 0.717) is 11.0 Å². The Balaban J connectivity index is 1.18. The zero-order valence-corrected chi connectivity index (χ0v) is 26.9. The lowest BCUT2D eigenvalue weighted by atomic mass is 9.87. The van der Waals surface area contributed by atoms with Crippen molar-refractivity contribution in [2.75, 3.05) is 18.2 Å². The maximum Gasteiger partial charge on any atom is 0.234 e. The average molecular weight is 620 g/mol. The lowest BCUT2D eigenvalue weighted by Crippen LogP contribution is -2.14. The molecule has 4 aromatic carbocycles. The fourth-order valence-corrected chi connectivity index (χ4v) is 6.63. The third-order valence-electron chi connectivity index (χ3n) is 7.27. The van der Waals surface area contributed by atoms with Crippen LogP contribution in [-0.2, 0) is 10.2 Å². The van der Waals surface area contributed by atoms with Gasteiger partial charge in [-0.05, 0) is 84.1 Å². The number of nitrogens with zero attached hydrogens (tertiary/aromatic N) is 4. The quantitative estimate of drug-likeness (QED) is 0.172. The number of fused-ring (bicyclic) bond motifs is 1. The lowest BCUT2D eigenvalue weighted by molar-refractivity contribution is -0.113. The van der Waals surface area contributed by atoms with Crippen LogP contribution in [0, 0.1) is 6.92 Å². The summed E-state index contributed by atoms with van der Waals surface area (Å²) in [5.74, 6) is 1.52. The molecular formula is C35H33N5O2S2. The van der Waals surface area contributed by atoms with Crippen molar-refractivity contribution in [3.05, 3.63) is 102 Å². The number of benzene rings is 4. The van der Waals surface area contributed by atoms with Gasteiger partial charge in [-0.1, -0.05) is 62.9 Å². The van der Waals surface area contributed by atoms with Crippen LogP contribution in [0.4, 0.5) is 5.69 Å². The zero-order valence-electron chi connectivity index (χ0n) is 25.3. The number of nitrogens with one attached hydrogen (secondary N) is 1. The number of carbonyl (C=O) groups is 1. The molecule has 0 radical (unpaired) electrons. The van der Waals surface area contributed by atoms with Gasteiger partial charge in [-0.2, -0.15) is 0 Å². The summed E-state index contributed by atoms with van der Waals surface area (Å²) in [6, 6.07) is 30.2. The van der Waals surface area contributed by atoms with Crippen LogP contribution in [0.5, 0.6) is 5.75 Å². The highest BCUT2D eigenvalue weighted by molar-refractivity contribution is 7.99. The van der Waals surface area contributed by atoms with E-state index in [2.05, 4.69) is 85.7 Å². The van der Waals surface area contributed by atoms with E-state index >= 15 is 0 Å². The van der Waals surface area contributed by atoms with Crippen LogP contribution >= 0.6 is 23.1 Å². The van der Waals surface area contributed by atoms with E-state index < -0.39 is 0 Å². The third kappa shape index (κ3) is 6.39. The van der Waals surface area contributed by atoms with Gasteiger partial charge in [-0.25, -0.2) is 4.98 Å². The molecular weight excluding hydrogens is 587 g/mol. The highest BCUT2D eigenvalue weighted by atomic mass is 32.2. The summed E-state index contributed by atoms with van der Waals surface area (Å²) in [6.07, 6.45) is 0. The predicted octanol–water partition coefficient (Wildman–Crippen LogP) is 8.56. The van der Waals surface area contributed by atoms with E-state index in [1.165, 1.54) is 27.6 Å². The Bertz CT molecular complexity index is 1920. The summed E-state index contributed by atoms with van der Waals surface area (Å²) in [7, 11) is 1.64. The molecule has 0 bridgehead atoms. The fraction of sp³-hybridized carbons (Fsp3) is 0.200. The number of methoxy groups -OCH3 is 1. The Hall–Kier alpha value is -4.47. The van der Waals surface area contributed by atoms with Crippen molar-refractivity contribution in [3.63, 3.8) is 0 Å². The summed E-state index contributed by atoms with van der Waals surface area (Å²) in [4.78, 5) is 17.8. The smallest absolute Gasteiger partial charge is 0.234 e. The minimum Gasteiger partial charge on any atom is -0.497 e. The standard InChI is InChI=1S/C35H33N5O2S2/c1-22-6-19-29-30(20-22)44-33(37-29)24-9-13-26(14-10-24)36-31(41)21-43-34-39-38-32(23-7-11-25(12-8-23)35(2,3)4)40(34)27-15-17-28(42-5)18-16-27/h6-20H,21H2,1-5H3,(H,36,41). The highest BCUT2D eigenvalue weighted by Gasteiger charge is 2.19. The van der Waals surface area contributed by atoms with Crippen molar-refractivity contribution in [2.45, 2.75) is 38.3 Å². The maximum atomic E-state index is 13.0. The molecule has 9 heteroatoms. The largest absolute Gasteiger partial charge is 0.497 e. The first-order valence-electron chi connectivity index (χ1n) is 14.3. The number of hydrogen-bond acceptors (Lipinski definition) is 7. The second-order valence-electron chi connectivity index (χ2n) is 11.6. The fourth-order valence-electron chi connectivity index (χ4n) is 4.81. The molecule has 0 atom stereocenters. The van der Waals surface area contributed by atoms with Crippen LogP contribution in [0.2, 0.25) is 0 Å². The van der Waals surface area contributed by atoms with Gasteiger partial charge in [0.1, 0.15) is 10.8 Å². The maximum absolute atomic E-state index is 13.0. The number of rotatable bonds is 8. The summed E-state index contributed by atoms with van der Waals surface area (Å²) in [5.41, 5.74) is 7.08. The lowest BCUT2D eigenvalue weighted by Gasteiger charge is -2.19. The van der Waals surface area contributed by atoms with E-state index in [-0.39, 0.29) is 17.1 Å². The Morgan fingerprint density at radius 1 is 0.909 bits per heavy atom. The van der Waals surface area contributed by atoms with Crippen LogP contribution in [0.1, 0.15) is 31.9 Å². The SMILES string of the molecule is COc1ccc(-n2c(SCC(=O)Nc3ccc(-c4nc5ccc(C)cc5s4)cc3)nnc2-c2ccc(C(C)(C)C)cc2)cc1. The number of thioether (sulfide) groups is 1. The molecule has 6 rings (SSSR count). The normalized spacial score (nSPS) is 11.6. The van der Waals surface area contributed by atoms with E-state index in [4.69, 9.17) is 9.72 Å². The van der Waals surface area contributed by atoms with Gasteiger partial charge < -0.3 is 10.1 Å². The van der Waals surface area contributed by atoms with Gasteiger partial charge in [0.25, 0.3) is 0 Å². The van der Waals surface area contributed by atoms with Crippen molar-refractivity contribution in [2.24, 2.45) is 0 Å². The molecule has 1 N–H and O–H groups in total. The molecule has 222 valence electrons. The van der Waals surface area contributed by atoms with Crippen LogP contribution < -0.4 is 10.1 Å². The highest BCUT2D eigenvalue weighted by Crippen LogP contribution is 2.33. The van der Waals surface area contributed by atoms with Crippen LogP contribution in [-0.4, -0.2) is 38.5 Å². The molecule has 2 aromatic heterocycles. The van der Waals surface area contributed by atoms with Gasteiger partial charge in [0.15, 0.2) is 11.0 Å². The third-order valence-corrected chi connectivity index (χ3v) is 9.26. The second-order valence-corrected chi connectivity index (χ2v) is 13.5. The average Bonchev–Trinajstić information content (AvgIpc) is 3.64. The van der Waals surface area contributed by atoms with Crippen molar-refractivity contribution in [1.29, 1.82) is 0 Å². The van der Waals surface area contributed by atoms with Gasteiger partial charge in [0, 0.05) is 22.5 Å². The van der Waals surface area contributed by atoms with Gasteiger partial charge in [-0.15, -0.1) is 21.5 Å². The van der Waals surface area contributed by atoms with Crippen molar-refractivity contribution in [1.82, 2.24) is 19.7 Å². The van der Waals surface area contributed by atoms with Crippen LogP contribution in [0.15, 0.2) is 96.2 Å². The van der Waals surface area contributed by atoms with E-state index in [9.17, 15) is 4.79 Å². The van der Waals surface area contributed by atoms with E-state index in [1.807, 2.05) is 53.1 Å². The molecule has 0 aliphatic rings. The Morgan fingerprint density at radius 3 is 2.30 bits per heavy atom. The molecule has 2 heterocycles. The first-order valence-corrected chi connectivity index (χ1v) is 16.1. The zero-order chi connectivity index (χ0) is 30.8. The molecule has 0 spiro atoms. The van der Waals surface area contributed by atoms with Gasteiger partial charge >= 0.3 is 0 Å². The minimum atomic E-state index is -0.126. The number of hydrogen-bond donors (Lipinski definition) is 1. The Kier molecular flexibility index (Phi) is 8.25. The molecule has 1 amide bonds. The van der Waals surface area contributed by atoms with E-state index in [0.717, 1.165) is 38.8 Å². The van der Waals surface area contributed by atoms with Crippen LogP contribution in [0.25, 0.3) is 37.9 Å². The number of carbonyl (C=O) groups excluding carboxylic acids is 1. The monoisotopic (exact) mass is 619 g/mol. The molecule has 0 saturated carbocycles. The summed E-state index contributed by atoms with van der Waals surface area (Å²) in [6.45, 7) is 8.67. The molecule has 0 fully saturated rings. The molecule has 0 aliphatic heterocycles. The topological polar surface area (TPSA) is 81.9 Å². The molecule has 44 heavy (non-hydrogen) atoms. The minimum absolute atomic E-state index is 0.0472. The van der Waals surface area contributed by atoms with Gasteiger partial charge in [0.05, 0.1) is 23.1 Å². The first kappa shape index (κ1) is 29.6. The van der Waals surface area contributed by atoms with Gasteiger partial charge in [-0.3, -0.25) is 9.36 Å². The van der Waals surface area contributed by atoms with Crippen LogP contribution in [0.3, 0.4) is 0 Å². The summed E-state index contributed by atoms with van der Waals surface area (Å²) >= 11 is 3.01. The van der Waals surface area contributed by atoms with Crippen molar-refractivity contribution in [3.8, 4) is 33.4 Å².